The molecule has 0 atom stereocenters. The van der Waals surface area contributed by atoms with Crippen LogP contribution in [0.2, 0.25) is 0 Å². The molecule has 3 rings (SSSR count). The summed E-state index contributed by atoms with van der Waals surface area (Å²) < 4.78 is 37.7. The van der Waals surface area contributed by atoms with E-state index in [1.807, 2.05) is 30.3 Å². The van der Waals surface area contributed by atoms with E-state index in [1.54, 1.807) is 6.20 Å². The standard InChI is InChI=1S/C16H20N2O4S/c19-23(20,12-13-6-8-21-9-7-13)18-11-16-17-10-15(22-16)14-4-2-1-3-5-14/h1-5,10,13,18H,6-9,11-12H2. The second-order valence-corrected chi connectivity index (χ2v) is 7.49. The van der Waals surface area contributed by atoms with E-state index in [9.17, 15) is 8.42 Å². The Morgan fingerprint density at radius 2 is 1.91 bits per heavy atom. The van der Waals surface area contributed by atoms with Crippen LogP contribution in [0.15, 0.2) is 40.9 Å². The minimum Gasteiger partial charge on any atom is -0.439 e. The van der Waals surface area contributed by atoms with Gasteiger partial charge >= 0.3 is 0 Å². The minimum absolute atomic E-state index is 0.0678. The molecule has 0 amide bonds. The first-order chi connectivity index (χ1) is 11.1. The van der Waals surface area contributed by atoms with E-state index in [2.05, 4.69) is 9.71 Å². The Morgan fingerprint density at radius 1 is 1.17 bits per heavy atom. The van der Waals surface area contributed by atoms with Gasteiger partial charge in [0.15, 0.2) is 5.76 Å². The van der Waals surface area contributed by atoms with Gasteiger partial charge in [-0.05, 0) is 18.8 Å². The van der Waals surface area contributed by atoms with Crippen molar-refractivity contribution in [2.24, 2.45) is 5.92 Å². The summed E-state index contributed by atoms with van der Waals surface area (Å²) in [4.78, 5) is 4.13. The highest BCUT2D eigenvalue weighted by molar-refractivity contribution is 7.89. The second-order valence-electron chi connectivity index (χ2n) is 5.64. The summed E-state index contributed by atoms with van der Waals surface area (Å²) in [6, 6.07) is 9.58. The van der Waals surface area contributed by atoms with Crippen molar-refractivity contribution in [3.05, 3.63) is 42.4 Å². The monoisotopic (exact) mass is 336 g/mol. The number of sulfonamides is 1. The molecule has 2 aromatic rings. The summed E-state index contributed by atoms with van der Waals surface area (Å²) in [5.74, 6) is 1.28. The summed E-state index contributed by atoms with van der Waals surface area (Å²) in [7, 11) is -3.34. The van der Waals surface area contributed by atoms with Crippen molar-refractivity contribution >= 4 is 10.0 Å². The van der Waals surface area contributed by atoms with E-state index in [0.717, 1.165) is 18.4 Å². The number of nitrogens with zero attached hydrogens (tertiary/aromatic N) is 1. The molecule has 1 aromatic heterocycles. The van der Waals surface area contributed by atoms with Crippen molar-refractivity contribution in [1.29, 1.82) is 0 Å². The van der Waals surface area contributed by atoms with Crippen LogP contribution in [-0.4, -0.2) is 32.4 Å². The molecule has 1 aromatic carbocycles. The molecule has 0 saturated carbocycles. The molecule has 0 bridgehead atoms. The average molecular weight is 336 g/mol. The molecule has 0 aliphatic carbocycles. The van der Waals surface area contributed by atoms with Gasteiger partial charge in [-0.2, -0.15) is 0 Å². The molecular formula is C16H20N2O4S. The summed E-state index contributed by atoms with van der Waals surface area (Å²) in [6.45, 7) is 1.35. The van der Waals surface area contributed by atoms with E-state index < -0.39 is 10.0 Å². The number of aromatic nitrogens is 1. The number of nitrogens with one attached hydrogen (secondary N) is 1. The third-order valence-electron chi connectivity index (χ3n) is 3.85. The van der Waals surface area contributed by atoms with Crippen molar-refractivity contribution in [3.8, 4) is 11.3 Å². The van der Waals surface area contributed by atoms with Crippen LogP contribution in [0, 0.1) is 5.92 Å². The van der Waals surface area contributed by atoms with Gasteiger partial charge in [0.2, 0.25) is 15.9 Å². The smallest absolute Gasteiger partial charge is 0.212 e. The highest BCUT2D eigenvalue weighted by atomic mass is 32.2. The molecule has 1 aliphatic rings. The Balaban J connectivity index is 1.56. The molecule has 124 valence electrons. The van der Waals surface area contributed by atoms with Gasteiger partial charge in [0.05, 0.1) is 18.5 Å². The van der Waals surface area contributed by atoms with Crippen LogP contribution in [0.1, 0.15) is 18.7 Å². The van der Waals surface area contributed by atoms with Crippen molar-refractivity contribution in [2.45, 2.75) is 19.4 Å². The fourth-order valence-electron chi connectivity index (χ4n) is 2.58. The van der Waals surface area contributed by atoms with E-state index in [1.165, 1.54) is 0 Å². The van der Waals surface area contributed by atoms with E-state index >= 15 is 0 Å². The lowest BCUT2D eigenvalue weighted by atomic mass is 10.0. The quantitative estimate of drug-likeness (QED) is 0.874. The van der Waals surface area contributed by atoms with Crippen molar-refractivity contribution in [1.82, 2.24) is 9.71 Å². The van der Waals surface area contributed by atoms with Crippen molar-refractivity contribution < 1.29 is 17.6 Å². The van der Waals surface area contributed by atoms with Crippen LogP contribution in [0.25, 0.3) is 11.3 Å². The largest absolute Gasteiger partial charge is 0.439 e. The molecule has 7 heteroatoms. The zero-order valence-corrected chi connectivity index (χ0v) is 13.6. The Bertz CT molecular complexity index is 722. The van der Waals surface area contributed by atoms with Crippen LogP contribution in [0.5, 0.6) is 0 Å². The van der Waals surface area contributed by atoms with Crippen LogP contribution >= 0.6 is 0 Å². The molecule has 6 nitrogen and oxygen atoms in total. The van der Waals surface area contributed by atoms with Gasteiger partial charge in [-0.25, -0.2) is 18.1 Å². The third kappa shape index (κ3) is 4.63. The normalized spacial score (nSPS) is 16.5. The topological polar surface area (TPSA) is 81.4 Å². The molecule has 1 saturated heterocycles. The number of oxazole rings is 1. The lowest BCUT2D eigenvalue weighted by molar-refractivity contribution is 0.0723. The van der Waals surface area contributed by atoms with Crippen LogP contribution in [0.3, 0.4) is 0 Å². The molecule has 0 spiro atoms. The lowest BCUT2D eigenvalue weighted by Crippen LogP contribution is -2.32. The van der Waals surface area contributed by atoms with Gasteiger partial charge in [0.1, 0.15) is 0 Å². The van der Waals surface area contributed by atoms with Gasteiger partial charge in [-0.1, -0.05) is 30.3 Å². The van der Waals surface area contributed by atoms with Crippen LogP contribution in [0.4, 0.5) is 0 Å². The summed E-state index contributed by atoms with van der Waals surface area (Å²) >= 11 is 0. The fraction of sp³-hybridized carbons (Fsp3) is 0.438. The van der Waals surface area contributed by atoms with Crippen molar-refractivity contribution in [2.75, 3.05) is 19.0 Å². The van der Waals surface area contributed by atoms with Gasteiger partial charge in [0, 0.05) is 18.8 Å². The third-order valence-corrected chi connectivity index (χ3v) is 5.35. The minimum atomic E-state index is -3.34. The average Bonchev–Trinajstić information content (AvgIpc) is 3.04. The van der Waals surface area contributed by atoms with Crippen LogP contribution in [-0.2, 0) is 21.3 Å². The molecule has 1 N–H and O–H groups in total. The van der Waals surface area contributed by atoms with Gasteiger partial charge < -0.3 is 9.15 Å². The SMILES string of the molecule is O=S(=O)(CC1CCOCC1)NCc1ncc(-c2ccccc2)o1. The van der Waals surface area contributed by atoms with Gasteiger partial charge in [-0.15, -0.1) is 0 Å². The highest BCUT2D eigenvalue weighted by Gasteiger charge is 2.22. The van der Waals surface area contributed by atoms with Crippen LogP contribution < -0.4 is 4.72 Å². The van der Waals surface area contributed by atoms with E-state index in [4.69, 9.17) is 9.15 Å². The summed E-state index contributed by atoms with van der Waals surface area (Å²) in [5.41, 5.74) is 0.913. The highest BCUT2D eigenvalue weighted by Crippen LogP contribution is 2.20. The number of benzene rings is 1. The number of hydrogen-bond acceptors (Lipinski definition) is 5. The molecule has 23 heavy (non-hydrogen) atoms. The zero-order chi connectivity index (χ0) is 16.1. The van der Waals surface area contributed by atoms with Gasteiger partial charge in [0.25, 0.3) is 0 Å². The fourth-order valence-corrected chi connectivity index (χ4v) is 4.00. The Labute approximate surface area is 135 Å². The predicted molar refractivity (Wildman–Crippen MR) is 86.1 cm³/mol. The number of ether oxygens (including phenoxy) is 1. The molecule has 0 unspecified atom stereocenters. The lowest BCUT2D eigenvalue weighted by Gasteiger charge is -2.21. The second kappa shape index (κ2) is 7.25. The molecule has 0 radical (unpaired) electrons. The van der Waals surface area contributed by atoms with Crippen molar-refractivity contribution in [3.63, 3.8) is 0 Å². The maximum Gasteiger partial charge on any atom is 0.212 e. The Kier molecular flexibility index (Phi) is 5.09. The van der Waals surface area contributed by atoms with E-state index in [-0.39, 0.29) is 18.2 Å². The molecule has 2 heterocycles. The predicted octanol–water partition coefficient (Wildman–Crippen LogP) is 2.19. The summed E-state index contributed by atoms with van der Waals surface area (Å²) in [5, 5.41) is 0. The molecule has 1 aliphatic heterocycles. The first-order valence-electron chi connectivity index (χ1n) is 7.67. The first-order valence-corrected chi connectivity index (χ1v) is 9.33. The maximum absolute atomic E-state index is 12.1. The summed E-state index contributed by atoms with van der Waals surface area (Å²) in [6.07, 6.45) is 3.19. The Hall–Kier alpha value is -1.70. The van der Waals surface area contributed by atoms with E-state index in [0.29, 0.717) is 24.9 Å². The molecular weight excluding hydrogens is 316 g/mol. The van der Waals surface area contributed by atoms with Gasteiger partial charge in [-0.3, -0.25) is 0 Å². The first kappa shape index (κ1) is 16.2. The zero-order valence-electron chi connectivity index (χ0n) is 12.8. The number of rotatable bonds is 6. The Morgan fingerprint density at radius 3 is 2.65 bits per heavy atom. The maximum atomic E-state index is 12.1. The number of hydrogen-bond donors (Lipinski definition) is 1. The molecule has 1 fully saturated rings.